The lowest BCUT2D eigenvalue weighted by Gasteiger charge is -2.13. The van der Waals surface area contributed by atoms with E-state index in [0.717, 1.165) is 5.69 Å². The van der Waals surface area contributed by atoms with E-state index in [1.807, 2.05) is 25.0 Å². The predicted molar refractivity (Wildman–Crippen MR) is 63.2 cm³/mol. The summed E-state index contributed by atoms with van der Waals surface area (Å²) in [5, 5.41) is 5.43. The van der Waals surface area contributed by atoms with Crippen molar-refractivity contribution in [1.29, 1.82) is 0 Å². The van der Waals surface area contributed by atoms with Crippen LogP contribution in [0.3, 0.4) is 0 Å². The summed E-state index contributed by atoms with van der Waals surface area (Å²) in [7, 11) is 3.96. The molecule has 15 heavy (non-hydrogen) atoms. The quantitative estimate of drug-likeness (QED) is 0.860. The number of imidazole rings is 1. The zero-order chi connectivity index (χ0) is 10.8. The van der Waals surface area contributed by atoms with E-state index < -0.39 is 0 Å². The minimum Gasteiger partial charge on any atom is -0.340 e. The molecule has 0 radical (unpaired) electrons. The third-order valence-corrected chi connectivity index (χ3v) is 3.38. The van der Waals surface area contributed by atoms with Crippen LogP contribution >= 0.6 is 11.3 Å². The van der Waals surface area contributed by atoms with Crippen LogP contribution in [-0.4, -0.2) is 16.6 Å². The van der Waals surface area contributed by atoms with Gasteiger partial charge in [-0.15, -0.1) is 11.3 Å². The smallest absolute Gasteiger partial charge is 0.0947 e. The average molecular weight is 221 g/mol. The molecule has 0 fully saturated rings. The summed E-state index contributed by atoms with van der Waals surface area (Å²) in [6.07, 6.45) is 3.89. The SMILES string of the molecule is CNC(c1cn(C)cn1)c1ccsc1C. The Hall–Kier alpha value is -1.13. The van der Waals surface area contributed by atoms with E-state index in [-0.39, 0.29) is 6.04 Å². The summed E-state index contributed by atoms with van der Waals surface area (Å²) in [5.41, 5.74) is 2.39. The van der Waals surface area contributed by atoms with Gasteiger partial charge in [0.05, 0.1) is 18.1 Å². The van der Waals surface area contributed by atoms with Gasteiger partial charge in [0.15, 0.2) is 0 Å². The van der Waals surface area contributed by atoms with Crippen molar-refractivity contribution in [2.75, 3.05) is 7.05 Å². The van der Waals surface area contributed by atoms with E-state index in [1.54, 1.807) is 11.3 Å². The first kappa shape index (κ1) is 10.4. The topological polar surface area (TPSA) is 29.9 Å². The van der Waals surface area contributed by atoms with Gasteiger partial charge in [-0.2, -0.15) is 0 Å². The molecule has 2 heterocycles. The Bertz CT molecular complexity index is 444. The first-order chi connectivity index (χ1) is 7.22. The highest BCUT2D eigenvalue weighted by molar-refractivity contribution is 7.10. The number of aryl methyl sites for hydroxylation is 2. The van der Waals surface area contributed by atoms with Crippen LogP contribution in [0.4, 0.5) is 0 Å². The first-order valence-electron chi connectivity index (χ1n) is 4.91. The van der Waals surface area contributed by atoms with E-state index in [1.165, 1.54) is 10.4 Å². The maximum Gasteiger partial charge on any atom is 0.0947 e. The average Bonchev–Trinajstić information content (AvgIpc) is 2.79. The lowest BCUT2D eigenvalue weighted by atomic mass is 10.1. The first-order valence-corrected chi connectivity index (χ1v) is 5.79. The molecule has 1 unspecified atom stereocenters. The van der Waals surface area contributed by atoms with Gasteiger partial charge in [0.2, 0.25) is 0 Å². The molecule has 0 aliphatic rings. The van der Waals surface area contributed by atoms with Crippen LogP contribution < -0.4 is 5.32 Å². The second-order valence-corrected chi connectivity index (χ2v) is 4.74. The number of rotatable bonds is 3. The van der Waals surface area contributed by atoms with E-state index in [0.29, 0.717) is 0 Å². The number of thiophene rings is 1. The molecule has 2 aromatic heterocycles. The van der Waals surface area contributed by atoms with Crippen molar-refractivity contribution in [2.24, 2.45) is 7.05 Å². The fraction of sp³-hybridized carbons (Fsp3) is 0.364. The fourth-order valence-electron chi connectivity index (χ4n) is 1.74. The molecule has 0 amide bonds. The summed E-state index contributed by atoms with van der Waals surface area (Å²) in [6, 6.07) is 2.37. The van der Waals surface area contributed by atoms with Gasteiger partial charge in [-0.05, 0) is 31.0 Å². The molecule has 0 aromatic carbocycles. The van der Waals surface area contributed by atoms with Crippen LogP contribution in [0.2, 0.25) is 0 Å². The largest absolute Gasteiger partial charge is 0.340 e. The highest BCUT2D eigenvalue weighted by atomic mass is 32.1. The van der Waals surface area contributed by atoms with Gasteiger partial charge in [-0.25, -0.2) is 4.98 Å². The van der Waals surface area contributed by atoms with Gasteiger partial charge in [0.25, 0.3) is 0 Å². The van der Waals surface area contributed by atoms with Crippen molar-refractivity contribution in [3.63, 3.8) is 0 Å². The number of aromatic nitrogens is 2. The Morgan fingerprint density at radius 3 is 2.80 bits per heavy atom. The summed E-state index contributed by atoms with van der Waals surface area (Å²) in [4.78, 5) is 5.74. The van der Waals surface area contributed by atoms with E-state index >= 15 is 0 Å². The van der Waals surface area contributed by atoms with E-state index in [2.05, 4.69) is 34.9 Å². The summed E-state index contributed by atoms with van der Waals surface area (Å²) in [5.74, 6) is 0. The molecule has 0 aliphatic heterocycles. The second-order valence-electron chi connectivity index (χ2n) is 3.62. The summed E-state index contributed by atoms with van der Waals surface area (Å²) < 4.78 is 1.97. The molecule has 2 aromatic rings. The lowest BCUT2D eigenvalue weighted by molar-refractivity contribution is 0.673. The van der Waals surface area contributed by atoms with Crippen LogP contribution in [0, 0.1) is 6.92 Å². The molecule has 2 rings (SSSR count). The third kappa shape index (κ3) is 1.96. The molecule has 0 saturated carbocycles. The van der Waals surface area contributed by atoms with Gasteiger partial charge in [-0.1, -0.05) is 0 Å². The Morgan fingerprint density at radius 1 is 1.53 bits per heavy atom. The molecule has 3 nitrogen and oxygen atoms in total. The summed E-state index contributed by atoms with van der Waals surface area (Å²) in [6.45, 7) is 2.15. The molecule has 0 aliphatic carbocycles. The van der Waals surface area contributed by atoms with Crippen molar-refractivity contribution >= 4 is 11.3 Å². The highest BCUT2D eigenvalue weighted by Gasteiger charge is 2.16. The monoisotopic (exact) mass is 221 g/mol. The molecule has 0 spiro atoms. The minimum atomic E-state index is 0.206. The van der Waals surface area contributed by atoms with E-state index in [4.69, 9.17) is 0 Å². The van der Waals surface area contributed by atoms with Crippen molar-refractivity contribution < 1.29 is 0 Å². The van der Waals surface area contributed by atoms with E-state index in [9.17, 15) is 0 Å². The van der Waals surface area contributed by atoms with Gasteiger partial charge in [-0.3, -0.25) is 0 Å². The molecular formula is C11H15N3S. The number of hydrogen-bond donors (Lipinski definition) is 1. The van der Waals surface area contributed by atoms with Gasteiger partial charge in [0.1, 0.15) is 0 Å². The zero-order valence-electron chi connectivity index (χ0n) is 9.19. The molecule has 4 heteroatoms. The molecule has 1 N–H and O–H groups in total. The van der Waals surface area contributed by atoms with Gasteiger partial charge in [0, 0.05) is 18.1 Å². The zero-order valence-corrected chi connectivity index (χ0v) is 10.0. The normalized spacial score (nSPS) is 13.0. The minimum absolute atomic E-state index is 0.206. The molecule has 1 atom stereocenters. The second kappa shape index (κ2) is 4.16. The van der Waals surface area contributed by atoms with Crippen LogP contribution in [-0.2, 0) is 7.05 Å². The van der Waals surface area contributed by atoms with Gasteiger partial charge >= 0.3 is 0 Å². The maximum atomic E-state index is 4.39. The summed E-state index contributed by atoms with van der Waals surface area (Å²) >= 11 is 1.77. The van der Waals surface area contributed by atoms with Crippen LogP contribution in [0.1, 0.15) is 22.2 Å². The number of nitrogens with zero attached hydrogens (tertiary/aromatic N) is 2. The Morgan fingerprint density at radius 2 is 2.33 bits per heavy atom. The van der Waals surface area contributed by atoms with Crippen LogP contribution in [0.15, 0.2) is 24.0 Å². The predicted octanol–water partition coefficient (Wildman–Crippen LogP) is 2.10. The molecule has 0 saturated heterocycles. The Kier molecular flexibility index (Phi) is 2.88. The Labute approximate surface area is 93.8 Å². The van der Waals surface area contributed by atoms with Crippen LogP contribution in [0.5, 0.6) is 0 Å². The van der Waals surface area contributed by atoms with Crippen molar-refractivity contribution in [3.05, 3.63) is 40.1 Å². The van der Waals surface area contributed by atoms with Crippen molar-refractivity contribution in [1.82, 2.24) is 14.9 Å². The maximum absolute atomic E-state index is 4.39. The molecule has 0 bridgehead atoms. The molecule has 80 valence electrons. The number of nitrogens with one attached hydrogen (secondary N) is 1. The Balaban J connectivity index is 2.36. The standard InChI is InChI=1S/C11H15N3S/c1-8-9(4-5-15-8)11(12-2)10-6-14(3)7-13-10/h4-7,11-12H,1-3H3. The van der Waals surface area contributed by atoms with Crippen LogP contribution in [0.25, 0.3) is 0 Å². The highest BCUT2D eigenvalue weighted by Crippen LogP contribution is 2.26. The van der Waals surface area contributed by atoms with Crippen molar-refractivity contribution in [2.45, 2.75) is 13.0 Å². The number of hydrogen-bond acceptors (Lipinski definition) is 3. The lowest BCUT2D eigenvalue weighted by Crippen LogP contribution is -2.18. The fourth-order valence-corrected chi connectivity index (χ4v) is 2.48. The third-order valence-electron chi connectivity index (χ3n) is 2.52. The van der Waals surface area contributed by atoms with Crippen molar-refractivity contribution in [3.8, 4) is 0 Å². The molecular weight excluding hydrogens is 206 g/mol. The van der Waals surface area contributed by atoms with Gasteiger partial charge < -0.3 is 9.88 Å².